The Kier molecular flexibility index (Phi) is 3.89. The van der Waals surface area contributed by atoms with Crippen LogP contribution in [0.4, 0.5) is 0 Å². The van der Waals surface area contributed by atoms with Crippen molar-refractivity contribution in [2.24, 2.45) is 0 Å². The molecule has 4 rings (SSSR count). The van der Waals surface area contributed by atoms with Crippen molar-refractivity contribution >= 4 is 21.5 Å². The second-order valence-electron chi connectivity index (χ2n) is 6.87. The first-order valence-corrected chi connectivity index (χ1v) is 8.67. The van der Waals surface area contributed by atoms with Crippen molar-refractivity contribution in [3.8, 4) is 11.6 Å². The largest absolute Gasteiger partial charge is 0.438 e. The number of nitrogens with zero attached hydrogens (tertiary/aromatic N) is 1. The number of ether oxygens (including phenoxy) is 1. The first-order valence-electron chi connectivity index (χ1n) is 8.67. The first-order chi connectivity index (χ1) is 12.1. The van der Waals surface area contributed by atoms with Crippen LogP contribution < -0.4 is 4.74 Å². The third-order valence-electron chi connectivity index (χ3n) is 4.55. The van der Waals surface area contributed by atoms with Gasteiger partial charge < -0.3 is 4.74 Å². The van der Waals surface area contributed by atoms with Crippen molar-refractivity contribution in [3.63, 3.8) is 0 Å². The lowest BCUT2D eigenvalue weighted by atomic mass is 10.0. The Labute approximate surface area is 148 Å². The number of aryl methyl sites for hydroxylation is 1. The topological polar surface area (TPSA) is 22.1 Å². The van der Waals surface area contributed by atoms with Crippen LogP contribution in [0.3, 0.4) is 0 Å². The highest BCUT2D eigenvalue weighted by Gasteiger charge is 2.09. The second-order valence-corrected chi connectivity index (χ2v) is 6.87. The lowest BCUT2D eigenvalue weighted by Crippen LogP contribution is -1.94. The Morgan fingerprint density at radius 3 is 2.36 bits per heavy atom. The number of aromatic nitrogens is 1. The van der Waals surface area contributed by atoms with E-state index < -0.39 is 0 Å². The van der Waals surface area contributed by atoms with Gasteiger partial charge >= 0.3 is 0 Å². The minimum absolute atomic E-state index is 0.465. The van der Waals surface area contributed by atoms with Crippen LogP contribution in [-0.4, -0.2) is 4.98 Å². The zero-order chi connectivity index (χ0) is 17.4. The molecule has 2 nitrogen and oxygen atoms in total. The van der Waals surface area contributed by atoms with Gasteiger partial charge in [0.25, 0.3) is 0 Å². The molecule has 0 unspecified atom stereocenters. The molecular weight excluding hydrogens is 306 g/mol. The molecule has 0 N–H and O–H groups in total. The van der Waals surface area contributed by atoms with Crippen molar-refractivity contribution < 1.29 is 4.74 Å². The average Bonchev–Trinajstić information content (AvgIpc) is 2.60. The molecule has 0 saturated heterocycles. The third-order valence-corrected chi connectivity index (χ3v) is 4.55. The van der Waals surface area contributed by atoms with E-state index in [0.717, 1.165) is 16.5 Å². The van der Waals surface area contributed by atoms with Gasteiger partial charge in [-0.2, -0.15) is 0 Å². The lowest BCUT2D eigenvalue weighted by Gasteiger charge is -2.12. The van der Waals surface area contributed by atoms with Crippen molar-refractivity contribution in [2.75, 3.05) is 0 Å². The van der Waals surface area contributed by atoms with E-state index in [1.807, 2.05) is 12.3 Å². The Morgan fingerprint density at radius 1 is 0.840 bits per heavy atom. The van der Waals surface area contributed by atoms with Crippen LogP contribution in [0, 0.1) is 6.92 Å². The molecule has 0 fully saturated rings. The SMILES string of the molecule is Cc1cc(Oc2nccc3cc4ccccc4cc23)cc(C(C)C)c1. The molecule has 2 heteroatoms. The maximum atomic E-state index is 6.20. The maximum Gasteiger partial charge on any atom is 0.227 e. The summed E-state index contributed by atoms with van der Waals surface area (Å²) < 4.78 is 6.20. The maximum absolute atomic E-state index is 6.20. The summed E-state index contributed by atoms with van der Waals surface area (Å²) >= 11 is 0. The van der Waals surface area contributed by atoms with Crippen LogP contribution in [0.2, 0.25) is 0 Å². The van der Waals surface area contributed by atoms with Crippen LogP contribution in [0.15, 0.2) is 66.9 Å². The van der Waals surface area contributed by atoms with Gasteiger partial charge in [-0.3, -0.25) is 0 Å². The van der Waals surface area contributed by atoms with Crippen LogP contribution in [0.25, 0.3) is 21.5 Å². The fourth-order valence-corrected chi connectivity index (χ4v) is 3.20. The summed E-state index contributed by atoms with van der Waals surface area (Å²) in [6, 6.07) is 21.1. The number of hydrogen-bond donors (Lipinski definition) is 0. The smallest absolute Gasteiger partial charge is 0.227 e. The summed E-state index contributed by atoms with van der Waals surface area (Å²) in [5.74, 6) is 1.96. The minimum Gasteiger partial charge on any atom is -0.438 e. The molecule has 1 aromatic heterocycles. The van der Waals surface area contributed by atoms with Crippen LogP contribution in [0.1, 0.15) is 30.9 Å². The average molecular weight is 327 g/mol. The molecule has 0 aliphatic carbocycles. The number of fused-ring (bicyclic) bond motifs is 2. The Morgan fingerprint density at radius 2 is 1.60 bits per heavy atom. The summed E-state index contributed by atoms with van der Waals surface area (Å²) in [6.07, 6.45) is 1.81. The summed E-state index contributed by atoms with van der Waals surface area (Å²) in [5.41, 5.74) is 2.48. The van der Waals surface area contributed by atoms with Gasteiger partial charge in [0, 0.05) is 11.6 Å². The monoisotopic (exact) mass is 327 g/mol. The molecule has 0 aliphatic rings. The molecule has 0 atom stereocenters. The Balaban J connectivity index is 1.83. The Bertz CT molecular complexity index is 1070. The highest BCUT2D eigenvalue weighted by Crippen LogP contribution is 2.32. The van der Waals surface area contributed by atoms with Crippen LogP contribution in [-0.2, 0) is 0 Å². The predicted molar refractivity (Wildman–Crippen MR) is 105 cm³/mol. The molecule has 124 valence electrons. The molecule has 0 aliphatic heterocycles. The van der Waals surface area contributed by atoms with Gasteiger partial charge in [-0.1, -0.05) is 44.2 Å². The molecule has 0 spiro atoms. The van der Waals surface area contributed by atoms with E-state index >= 15 is 0 Å². The van der Waals surface area contributed by atoms with E-state index in [2.05, 4.69) is 80.4 Å². The number of rotatable bonds is 3. The number of hydrogen-bond acceptors (Lipinski definition) is 2. The predicted octanol–water partition coefficient (Wildman–Crippen LogP) is 6.61. The van der Waals surface area contributed by atoms with Gasteiger partial charge in [-0.15, -0.1) is 0 Å². The number of pyridine rings is 1. The fourth-order valence-electron chi connectivity index (χ4n) is 3.20. The second kappa shape index (κ2) is 6.21. The van der Waals surface area contributed by atoms with Crippen LogP contribution >= 0.6 is 0 Å². The summed E-state index contributed by atoms with van der Waals surface area (Å²) in [7, 11) is 0. The first kappa shape index (κ1) is 15.6. The lowest BCUT2D eigenvalue weighted by molar-refractivity contribution is 0.468. The normalized spacial score (nSPS) is 11.4. The van der Waals surface area contributed by atoms with Gasteiger partial charge in [0.15, 0.2) is 0 Å². The van der Waals surface area contributed by atoms with Gasteiger partial charge in [-0.25, -0.2) is 4.98 Å². The van der Waals surface area contributed by atoms with Gasteiger partial charge in [0.05, 0.1) is 0 Å². The molecular formula is C23H21NO. The van der Waals surface area contributed by atoms with Crippen molar-refractivity contribution in [2.45, 2.75) is 26.7 Å². The summed E-state index contributed by atoms with van der Waals surface area (Å²) in [4.78, 5) is 4.49. The molecule has 0 saturated carbocycles. The molecule has 25 heavy (non-hydrogen) atoms. The third kappa shape index (κ3) is 3.08. The van der Waals surface area contributed by atoms with Gasteiger partial charge in [0.2, 0.25) is 5.88 Å². The minimum atomic E-state index is 0.465. The van der Waals surface area contributed by atoms with E-state index in [4.69, 9.17) is 4.74 Å². The quantitative estimate of drug-likeness (QED) is 0.395. The summed E-state index contributed by atoms with van der Waals surface area (Å²) in [5, 5.41) is 4.60. The van der Waals surface area contributed by atoms with E-state index in [1.165, 1.54) is 21.9 Å². The van der Waals surface area contributed by atoms with Crippen molar-refractivity contribution in [3.05, 3.63) is 78.0 Å². The molecule has 3 aromatic carbocycles. The molecule has 4 aromatic rings. The molecule has 0 radical (unpaired) electrons. The highest BCUT2D eigenvalue weighted by atomic mass is 16.5. The molecule has 0 amide bonds. The fraction of sp³-hybridized carbons (Fsp3) is 0.174. The zero-order valence-corrected chi connectivity index (χ0v) is 14.8. The van der Waals surface area contributed by atoms with Gasteiger partial charge in [-0.05, 0) is 70.5 Å². The van der Waals surface area contributed by atoms with E-state index in [1.54, 1.807) is 0 Å². The van der Waals surface area contributed by atoms with E-state index in [9.17, 15) is 0 Å². The van der Waals surface area contributed by atoms with Gasteiger partial charge in [0.1, 0.15) is 5.75 Å². The Hall–Kier alpha value is -2.87. The van der Waals surface area contributed by atoms with Crippen molar-refractivity contribution in [1.82, 2.24) is 4.98 Å². The standard InChI is InChI=1S/C23H21NO/c1-15(2)20-10-16(3)11-21(13-20)25-23-22-14-18-7-5-4-6-17(18)12-19(22)8-9-24-23/h4-15H,1-3H3. The zero-order valence-electron chi connectivity index (χ0n) is 14.8. The number of benzene rings is 3. The van der Waals surface area contributed by atoms with Crippen LogP contribution in [0.5, 0.6) is 11.6 Å². The summed E-state index contributed by atoms with van der Waals surface area (Å²) in [6.45, 7) is 6.49. The highest BCUT2D eigenvalue weighted by molar-refractivity contribution is 6.00. The molecule has 1 heterocycles. The van der Waals surface area contributed by atoms with Crippen molar-refractivity contribution in [1.29, 1.82) is 0 Å². The van der Waals surface area contributed by atoms with E-state index in [-0.39, 0.29) is 0 Å². The molecule has 0 bridgehead atoms. The van der Waals surface area contributed by atoms with E-state index in [0.29, 0.717) is 11.8 Å².